The van der Waals surface area contributed by atoms with E-state index >= 15 is 0 Å². The Morgan fingerprint density at radius 1 is 1.31 bits per heavy atom. The summed E-state index contributed by atoms with van der Waals surface area (Å²) in [6, 6.07) is 11.8. The van der Waals surface area contributed by atoms with Crippen LogP contribution in [0.25, 0.3) is 6.08 Å². The van der Waals surface area contributed by atoms with Gasteiger partial charge in [-0.3, -0.25) is 4.79 Å². The molecule has 1 spiro atoms. The highest BCUT2D eigenvalue weighted by atomic mass is 35.5. The lowest BCUT2D eigenvalue weighted by molar-refractivity contribution is -0.127. The summed E-state index contributed by atoms with van der Waals surface area (Å²) in [6.07, 6.45) is 6.16. The molecule has 1 aliphatic carbocycles. The van der Waals surface area contributed by atoms with Crippen molar-refractivity contribution in [2.24, 2.45) is 0 Å². The highest BCUT2D eigenvalue weighted by molar-refractivity contribution is 6.31. The van der Waals surface area contributed by atoms with Crippen LogP contribution in [0.15, 0.2) is 42.5 Å². The van der Waals surface area contributed by atoms with E-state index in [0.717, 1.165) is 46.5 Å². The normalized spacial score (nSPS) is 20.4. The average Bonchev–Trinajstić information content (AvgIpc) is 3.00. The molecule has 4 rings (SSSR count). The first-order valence-corrected chi connectivity index (χ1v) is 10.5. The van der Waals surface area contributed by atoms with E-state index in [9.17, 15) is 9.90 Å². The van der Waals surface area contributed by atoms with Crippen molar-refractivity contribution in [2.45, 2.75) is 44.1 Å². The molecule has 1 amide bonds. The maximum atomic E-state index is 12.8. The largest absolute Gasteiger partial charge is 0.392 e. The van der Waals surface area contributed by atoms with Gasteiger partial charge in [-0.1, -0.05) is 35.9 Å². The van der Waals surface area contributed by atoms with E-state index in [2.05, 4.69) is 6.07 Å². The number of piperidine rings is 1. The van der Waals surface area contributed by atoms with Gasteiger partial charge in [0.25, 0.3) is 0 Å². The van der Waals surface area contributed by atoms with Crippen LogP contribution < -0.4 is 0 Å². The maximum absolute atomic E-state index is 12.8. The lowest BCUT2D eigenvalue weighted by Gasteiger charge is -2.40. The Hall–Kier alpha value is -2.10. The molecule has 2 radical (unpaired) electrons. The molecular formula is C25H26ClNO2. The molecule has 2 aliphatic rings. The standard InChI is InChI=1S/C25H26ClNO2/c1-17-6-7-19(16-28)14-20(17)8-9-23(29)27-12-10-25(11-13-27)15-18(2)21-4-3-5-22(26)24(21)25/h2-9,14,18,28H,10-13,15-16H2,1H3/b9-8+. The van der Waals surface area contributed by atoms with Gasteiger partial charge in [-0.25, -0.2) is 0 Å². The molecule has 0 saturated carbocycles. The van der Waals surface area contributed by atoms with E-state index in [1.807, 2.05) is 48.2 Å². The Kier molecular flexibility index (Phi) is 5.54. The first kappa shape index (κ1) is 20.2. The van der Waals surface area contributed by atoms with Crippen LogP contribution in [0.4, 0.5) is 0 Å². The third-order valence-corrected chi connectivity index (χ3v) is 6.87. The fourth-order valence-corrected chi connectivity index (χ4v) is 5.27. The fraction of sp³-hybridized carbons (Fsp3) is 0.360. The zero-order chi connectivity index (χ0) is 20.6. The molecule has 0 aromatic heterocycles. The van der Waals surface area contributed by atoms with Gasteiger partial charge in [0.1, 0.15) is 0 Å². The number of likely N-dealkylation sites (tertiary alicyclic amines) is 1. The van der Waals surface area contributed by atoms with E-state index in [1.165, 1.54) is 5.56 Å². The number of nitrogens with zero attached hydrogens (tertiary/aromatic N) is 1. The molecule has 1 fully saturated rings. The molecule has 4 heteroatoms. The number of hydrogen-bond acceptors (Lipinski definition) is 2. The number of rotatable bonds is 3. The van der Waals surface area contributed by atoms with Crippen LogP contribution in [-0.4, -0.2) is 29.0 Å². The summed E-state index contributed by atoms with van der Waals surface area (Å²) >= 11 is 6.55. The van der Waals surface area contributed by atoms with Crippen LogP contribution in [0, 0.1) is 13.8 Å². The molecule has 29 heavy (non-hydrogen) atoms. The molecular weight excluding hydrogens is 382 g/mol. The van der Waals surface area contributed by atoms with Crippen molar-refractivity contribution in [1.29, 1.82) is 0 Å². The number of fused-ring (bicyclic) bond motifs is 2. The van der Waals surface area contributed by atoms with Crippen molar-refractivity contribution >= 4 is 23.6 Å². The van der Waals surface area contributed by atoms with Gasteiger partial charge in [-0.05, 0) is 85.1 Å². The lowest BCUT2D eigenvalue weighted by atomic mass is 9.73. The summed E-state index contributed by atoms with van der Waals surface area (Å²) in [4.78, 5) is 14.7. The Bertz CT molecular complexity index is 957. The third kappa shape index (κ3) is 3.74. The van der Waals surface area contributed by atoms with Crippen molar-refractivity contribution in [2.75, 3.05) is 13.1 Å². The fourth-order valence-electron chi connectivity index (χ4n) is 4.89. The molecule has 1 saturated heterocycles. The lowest BCUT2D eigenvalue weighted by Crippen LogP contribution is -2.44. The second-order valence-electron chi connectivity index (χ2n) is 8.30. The third-order valence-electron chi connectivity index (χ3n) is 6.55. The minimum atomic E-state index is -0.0143. The van der Waals surface area contributed by atoms with Crippen LogP contribution in [0.2, 0.25) is 5.02 Å². The highest BCUT2D eigenvalue weighted by Crippen LogP contribution is 2.53. The van der Waals surface area contributed by atoms with Gasteiger partial charge < -0.3 is 10.0 Å². The minimum Gasteiger partial charge on any atom is -0.392 e. The van der Waals surface area contributed by atoms with Gasteiger partial charge in [-0.2, -0.15) is 0 Å². The number of amides is 1. The van der Waals surface area contributed by atoms with Crippen LogP contribution in [0.3, 0.4) is 0 Å². The topological polar surface area (TPSA) is 40.5 Å². The second-order valence-corrected chi connectivity index (χ2v) is 8.71. The Labute approximate surface area is 178 Å². The van der Waals surface area contributed by atoms with Crippen molar-refractivity contribution < 1.29 is 9.90 Å². The monoisotopic (exact) mass is 407 g/mol. The van der Waals surface area contributed by atoms with Crippen LogP contribution in [0.5, 0.6) is 0 Å². The van der Waals surface area contributed by atoms with E-state index in [0.29, 0.717) is 13.1 Å². The Morgan fingerprint density at radius 3 is 2.79 bits per heavy atom. The Morgan fingerprint density at radius 2 is 2.07 bits per heavy atom. The number of carbonyl (C=O) groups is 1. The van der Waals surface area contributed by atoms with Crippen LogP contribution in [0.1, 0.15) is 53.0 Å². The summed E-state index contributed by atoms with van der Waals surface area (Å²) in [5.41, 5.74) is 5.23. The molecule has 1 unspecified atom stereocenters. The molecule has 2 aromatic carbocycles. The van der Waals surface area contributed by atoms with Crippen molar-refractivity contribution in [3.63, 3.8) is 0 Å². The minimum absolute atomic E-state index is 0.00452. The molecule has 3 nitrogen and oxygen atoms in total. The molecule has 1 aliphatic heterocycles. The first-order chi connectivity index (χ1) is 13.9. The van der Waals surface area contributed by atoms with Crippen LogP contribution in [-0.2, 0) is 16.8 Å². The molecule has 1 heterocycles. The summed E-state index contributed by atoms with van der Waals surface area (Å²) in [5, 5.41) is 10.1. The first-order valence-electron chi connectivity index (χ1n) is 10.2. The van der Waals surface area contributed by atoms with Crippen molar-refractivity contribution in [1.82, 2.24) is 4.90 Å². The maximum Gasteiger partial charge on any atom is 0.246 e. The smallest absolute Gasteiger partial charge is 0.246 e. The Balaban J connectivity index is 1.47. The van der Waals surface area contributed by atoms with E-state index in [-0.39, 0.29) is 23.8 Å². The van der Waals surface area contributed by atoms with Gasteiger partial charge in [0.2, 0.25) is 5.91 Å². The number of aliphatic hydroxyl groups excluding tert-OH is 1. The van der Waals surface area contributed by atoms with E-state index in [1.54, 1.807) is 6.08 Å². The van der Waals surface area contributed by atoms with Crippen molar-refractivity contribution in [3.8, 4) is 0 Å². The number of carbonyl (C=O) groups excluding carboxylic acids is 1. The molecule has 2 aromatic rings. The summed E-state index contributed by atoms with van der Waals surface area (Å²) < 4.78 is 0. The number of halogens is 1. The quantitative estimate of drug-likeness (QED) is 0.734. The van der Waals surface area contributed by atoms with Gasteiger partial charge in [0.15, 0.2) is 0 Å². The predicted molar refractivity (Wildman–Crippen MR) is 117 cm³/mol. The number of benzene rings is 2. The zero-order valence-electron chi connectivity index (χ0n) is 16.7. The highest BCUT2D eigenvalue weighted by Gasteiger charge is 2.45. The van der Waals surface area contributed by atoms with E-state index < -0.39 is 0 Å². The van der Waals surface area contributed by atoms with Crippen molar-refractivity contribution in [3.05, 3.63) is 82.2 Å². The molecule has 0 bridgehead atoms. The molecule has 150 valence electrons. The zero-order valence-corrected chi connectivity index (χ0v) is 17.5. The summed E-state index contributed by atoms with van der Waals surface area (Å²) in [5.74, 6) is 0.0444. The summed E-state index contributed by atoms with van der Waals surface area (Å²) in [6.45, 7) is 9.80. The number of aryl methyl sites for hydroxylation is 1. The average molecular weight is 408 g/mol. The number of hydrogen-bond donors (Lipinski definition) is 1. The van der Waals surface area contributed by atoms with Gasteiger partial charge in [0.05, 0.1) is 6.61 Å². The predicted octanol–water partition coefficient (Wildman–Crippen LogP) is 4.91. The SMILES string of the molecule is [CH]C1CC2(CCN(C(=O)/C=C/c3cc(CO)ccc3C)CC2)c2c(Cl)cccc21. The molecule has 1 atom stereocenters. The summed E-state index contributed by atoms with van der Waals surface area (Å²) in [7, 11) is 0. The second kappa shape index (κ2) is 7.97. The number of aliphatic hydroxyl groups is 1. The van der Waals surface area contributed by atoms with Crippen LogP contribution >= 0.6 is 11.6 Å². The van der Waals surface area contributed by atoms with Gasteiger partial charge >= 0.3 is 0 Å². The van der Waals surface area contributed by atoms with E-state index in [4.69, 9.17) is 18.5 Å². The van der Waals surface area contributed by atoms with Gasteiger partial charge in [0, 0.05) is 29.6 Å². The van der Waals surface area contributed by atoms with Gasteiger partial charge in [-0.15, -0.1) is 0 Å². The molecule has 1 N–H and O–H groups in total.